The average molecular weight is 380 g/mol. The largest absolute Gasteiger partial charge is 0.444 e. The second-order valence-electron chi connectivity index (χ2n) is 7.12. The van der Waals surface area contributed by atoms with Crippen LogP contribution in [0.15, 0.2) is 29.3 Å². The molecule has 2 aromatic rings. The van der Waals surface area contributed by atoms with Crippen LogP contribution in [0.5, 0.6) is 0 Å². The van der Waals surface area contributed by atoms with E-state index in [0.717, 1.165) is 35.4 Å². The first kappa shape index (κ1) is 18.3. The second-order valence-corrected chi connectivity index (χ2v) is 8.76. The highest BCUT2D eigenvalue weighted by atomic mass is 35.5. The molecule has 134 valence electrons. The molecule has 1 aliphatic heterocycles. The molecule has 1 aromatic heterocycles. The highest BCUT2D eigenvalue weighted by molar-refractivity contribution is 8.00. The molecule has 2 heterocycles. The van der Waals surface area contributed by atoms with Crippen LogP contribution in [-0.4, -0.2) is 44.9 Å². The fraction of sp³-hybridized carbons (Fsp3) is 0.500. The molecule has 5 nitrogen and oxygen atoms in total. The van der Waals surface area contributed by atoms with Gasteiger partial charge in [0.1, 0.15) is 10.6 Å². The number of para-hydroxylation sites is 2. The van der Waals surface area contributed by atoms with Gasteiger partial charge >= 0.3 is 6.09 Å². The fourth-order valence-corrected chi connectivity index (χ4v) is 4.14. The first-order valence-corrected chi connectivity index (χ1v) is 9.64. The van der Waals surface area contributed by atoms with E-state index in [2.05, 4.69) is 9.97 Å². The number of carbonyl (C=O) groups is 1. The van der Waals surface area contributed by atoms with E-state index in [9.17, 15) is 4.79 Å². The Morgan fingerprint density at radius 3 is 2.64 bits per heavy atom. The molecule has 25 heavy (non-hydrogen) atoms. The number of aromatic nitrogens is 2. The van der Waals surface area contributed by atoms with Crippen molar-refractivity contribution in [3.8, 4) is 0 Å². The fourth-order valence-electron chi connectivity index (χ4n) is 2.72. The van der Waals surface area contributed by atoms with Gasteiger partial charge in [-0.15, -0.1) is 0 Å². The smallest absolute Gasteiger partial charge is 0.410 e. The Morgan fingerprint density at radius 2 is 1.96 bits per heavy atom. The maximum absolute atomic E-state index is 12.3. The minimum absolute atomic E-state index is 0.231. The van der Waals surface area contributed by atoms with Crippen molar-refractivity contribution in [3.05, 3.63) is 29.4 Å². The number of hydrogen-bond donors (Lipinski definition) is 0. The Labute approximate surface area is 157 Å². The average Bonchev–Trinajstić information content (AvgIpc) is 2.54. The molecule has 0 aliphatic carbocycles. The molecule has 1 aliphatic rings. The van der Waals surface area contributed by atoms with Gasteiger partial charge in [-0.25, -0.2) is 14.8 Å². The van der Waals surface area contributed by atoms with Crippen molar-refractivity contribution in [2.24, 2.45) is 0 Å². The van der Waals surface area contributed by atoms with Gasteiger partial charge in [0, 0.05) is 18.3 Å². The van der Waals surface area contributed by atoms with E-state index in [1.54, 1.807) is 16.7 Å². The summed E-state index contributed by atoms with van der Waals surface area (Å²) < 4.78 is 5.48. The molecule has 1 amide bonds. The lowest BCUT2D eigenvalue weighted by molar-refractivity contribution is 0.0220. The number of benzene rings is 1. The summed E-state index contributed by atoms with van der Waals surface area (Å²) in [7, 11) is 0. The zero-order chi connectivity index (χ0) is 18.0. The number of amides is 1. The van der Waals surface area contributed by atoms with Gasteiger partial charge in [-0.1, -0.05) is 35.5 Å². The predicted molar refractivity (Wildman–Crippen MR) is 101 cm³/mol. The zero-order valence-corrected chi connectivity index (χ0v) is 16.2. The number of piperidine rings is 1. The van der Waals surface area contributed by atoms with Crippen molar-refractivity contribution in [1.29, 1.82) is 0 Å². The lowest BCUT2D eigenvalue weighted by atomic mass is 10.1. The number of rotatable bonds is 2. The molecular formula is C18H22ClN3O2S. The number of hydrogen-bond acceptors (Lipinski definition) is 5. The Hall–Kier alpha value is -1.53. The third-order valence-corrected chi connectivity index (χ3v) is 5.41. The first-order chi connectivity index (χ1) is 11.8. The van der Waals surface area contributed by atoms with Gasteiger partial charge in [0.2, 0.25) is 0 Å². The minimum Gasteiger partial charge on any atom is -0.444 e. The molecule has 0 bridgehead atoms. The van der Waals surface area contributed by atoms with E-state index in [-0.39, 0.29) is 11.3 Å². The van der Waals surface area contributed by atoms with Crippen molar-refractivity contribution in [2.75, 3.05) is 13.1 Å². The normalized spacial score (nSPS) is 18.4. The summed E-state index contributed by atoms with van der Waals surface area (Å²) in [5, 5.41) is 1.36. The molecule has 0 N–H and O–H groups in total. The number of fused-ring (bicyclic) bond motifs is 1. The SMILES string of the molecule is CC(C)(C)OC(=O)N1CCCC(Sc2nc3ccccc3nc2Cl)C1. The van der Waals surface area contributed by atoms with Crippen LogP contribution >= 0.6 is 23.4 Å². The van der Waals surface area contributed by atoms with Crippen molar-refractivity contribution >= 4 is 40.5 Å². The quantitative estimate of drug-likeness (QED) is 0.751. The van der Waals surface area contributed by atoms with Crippen molar-refractivity contribution < 1.29 is 9.53 Å². The molecule has 1 atom stereocenters. The number of nitrogens with zero attached hydrogens (tertiary/aromatic N) is 3. The van der Waals surface area contributed by atoms with Crippen LogP contribution < -0.4 is 0 Å². The highest BCUT2D eigenvalue weighted by Gasteiger charge is 2.28. The van der Waals surface area contributed by atoms with Gasteiger partial charge in [-0.2, -0.15) is 0 Å². The predicted octanol–water partition coefficient (Wildman–Crippen LogP) is 4.77. The minimum atomic E-state index is -0.482. The van der Waals surface area contributed by atoms with Crippen molar-refractivity contribution in [1.82, 2.24) is 14.9 Å². The summed E-state index contributed by atoms with van der Waals surface area (Å²) in [5.74, 6) is 0. The van der Waals surface area contributed by atoms with Gasteiger partial charge in [0.25, 0.3) is 0 Å². The van der Waals surface area contributed by atoms with Gasteiger partial charge in [-0.05, 0) is 45.7 Å². The topological polar surface area (TPSA) is 55.3 Å². The number of likely N-dealkylation sites (tertiary alicyclic amines) is 1. The molecule has 1 fully saturated rings. The third kappa shape index (κ3) is 4.76. The standard InChI is InChI=1S/C18H22ClN3O2S/c1-18(2,3)24-17(23)22-10-6-7-12(11-22)25-16-15(19)20-13-8-4-5-9-14(13)21-16/h4-5,8-9,12H,6-7,10-11H2,1-3H3. The summed E-state index contributed by atoms with van der Waals surface area (Å²) in [4.78, 5) is 23.1. The third-order valence-electron chi connectivity index (χ3n) is 3.81. The number of halogens is 1. The first-order valence-electron chi connectivity index (χ1n) is 8.39. The molecule has 7 heteroatoms. The molecule has 3 rings (SSSR count). The molecule has 1 aromatic carbocycles. The van der Waals surface area contributed by atoms with Crippen LogP contribution in [0.1, 0.15) is 33.6 Å². The van der Waals surface area contributed by atoms with E-state index >= 15 is 0 Å². The zero-order valence-electron chi connectivity index (χ0n) is 14.7. The maximum Gasteiger partial charge on any atom is 0.410 e. The van der Waals surface area contributed by atoms with Gasteiger partial charge < -0.3 is 9.64 Å². The van der Waals surface area contributed by atoms with Crippen LogP contribution in [0.2, 0.25) is 5.15 Å². The lowest BCUT2D eigenvalue weighted by Crippen LogP contribution is -2.43. The van der Waals surface area contributed by atoms with Crippen molar-refractivity contribution in [2.45, 2.75) is 49.5 Å². The molecule has 1 unspecified atom stereocenters. The van der Waals surface area contributed by atoms with E-state index in [4.69, 9.17) is 16.3 Å². The van der Waals surface area contributed by atoms with E-state index < -0.39 is 5.60 Å². The Kier molecular flexibility index (Phi) is 5.39. The number of carbonyl (C=O) groups excluding carboxylic acids is 1. The van der Waals surface area contributed by atoms with Crippen LogP contribution in [0.4, 0.5) is 4.79 Å². The number of ether oxygens (including phenoxy) is 1. The maximum atomic E-state index is 12.3. The Bertz CT molecular complexity index is 778. The molecule has 0 radical (unpaired) electrons. The Balaban J connectivity index is 1.70. The molecular weight excluding hydrogens is 358 g/mol. The van der Waals surface area contributed by atoms with Crippen LogP contribution in [-0.2, 0) is 4.74 Å². The Morgan fingerprint density at radius 1 is 1.28 bits per heavy atom. The lowest BCUT2D eigenvalue weighted by Gasteiger charge is -2.33. The van der Waals surface area contributed by atoms with E-state index in [1.165, 1.54) is 0 Å². The van der Waals surface area contributed by atoms with E-state index in [0.29, 0.717) is 11.7 Å². The second kappa shape index (κ2) is 7.38. The van der Waals surface area contributed by atoms with Crippen LogP contribution in [0, 0.1) is 0 Å². The van der Waals surface area contributed by atoms with Gasteiger partial charge in [-0.3, -0.25) is 0 Å². The number of thioether (sulfide) groups is 1. The highest BCUT2D eigenvalue weighted by Crippen LogP contribution is 2.33. The summed E-state index contributed by atoms with van der Waals surface area (Å²) >= 11 is 7.90. The van der Waals surface area contributed by atoms with E-state index in [1.807, 2.05) is 45.0 Å². The summed E-state index contributed by atoms with van der Waals surface area (Å²) in [6.07, 6.45) is 1.69. The van der Waals surface area contributed by atoms with Crippen LogP contribution in [0.3, 0.4) is 0 Å². The van der Waals surface area contributed by atoms with Gasteiger partial charge in [0.15, 0.2) is 5.15 Å². The summed E-state index contributed by atoms with van der Waals surface area (Å²) in [6, 6.07) is 7.67. The summed E-state index contributed by atoms with van der Waals surface area (Å²) in [6.45, 7) is 7.00. The molecule has 0 saturated carbocycles. The molecule has 1 saturated heterocycles. The van der Waals surface area contributed by atoms with Crippen molar-refractivity contribution in [3.63, 3.8) is 0 Å². The van der Waals surface area contributed by atoms with Gasteiger partial charge in [0.05, 0.1) is 11.0 Å². The monoisotopic (exact) mass is 379 g/mol. The summed E-state index contributed by atoms with van der Waals surface area (Å²) in [5.41, 5.74) is 1.13. The molecule has 0 spiro atoms. The van der Waals surface area contributed by atoms with Crippen LogP contribution in [0.25, 0.3) is 11.0 Å².